The van der Waals surface area contributed by atoms with E-state index in [1.807, 2.05) is 54.8 Å². The van der Waals surface area contributed by atoms with Crippen molar-refractivity contribution in [1.82, 2.24) is 0 Å². The summed E-state index contributed by atoms with van der Waals surface area (Å²) < 4.78 is 0. The highest BCUT2D eigenvalue weighted by molar-refractivity contribution is 7.98. The van der Waals surface area contributed by atoms with Crippen molar-refractivity contribution in [1.29, 1.82) is 0 Å². The van der Waals surface area contributed by atoms with E-state index >= 15 is 0 Å². The van der Waals surface area contributed by atoms with E-state index in [-0.39, 0.29) is 5.91 Å². The predicted octanol–water partition coefficient (Wildman–Crippen LogP) is 5.22. The predicted molar refractivity (Wildman–Crippen MR) is 114 cm³/mol. The molecule has 0 atom stereocenters. The van der Waals surface area contributed by atoms with Crippen LogP contribution < -0.4 is 10.2 Å². The highest BCUT2D eigenvalue weighted by Gasteiger charge is 2.16. The number of para-hydroxylation sites is 1. The number of carbonyl (C=O) groups is 1. The van der Waals surface area contributed by atoms with E-state index in [0.717, 1.165) is 35.8 Å². The molecule has 27 heavy (non-hydrogen) atoms. The Morgan fingerprint density at radius 3 is 2.41 bits per heavy atom. The summed E-state index contributed by atoms with van der Waals surface area (Å²) in [5.41, 5.74) is 5.51. The number of fused-ring (bicyclic) bond motifs is 1. The van der Waals surface area contributed by atoms with Crippen molar-refractivity contribution in [2.75, 3.05) is 23.0 Å². The number of hydrogen-bond donors (Lipinski definition) is 1. The van der Waals surface area contributed by atoms with Crippen molar-refractivity contribution in [3.63, 3.8) is 0 Å². The first-order valence-corrected chi connectivity index (χ1v) is 10.3. The molecule has 0 saturated heterocycles. The van der Waals surface area contributed by atoms with Crippen molar-refractivity contribution in [3.8, 4) is 0 Å². The molecular formula is C23H22N2OS. The molecule has 1 amide bonds. The molecule has 1 N–H and O–H groups in total. The number of hydrogen-bond acceptors (Lipinski definition) is 3. The second kappa shape index (κ2) is 7.89. The topological polar surface area (TPSA) is 32.3 Å². The van der Waals surface area contributed by atoms with E-state index in [1.165, 1.54) is 11.1 Å². The number of nitrogens with one attached hydrogen (secondary N) is 1. The third-order valence-corrected chi connectivity index (χ3v) is 5.78. The van der Waals surface area contributed by atoms with Gasteiger partial charge in [-0.3, -0.25) is 4.79 Å². The van der Waals surface area contributed by atoms with Gasteiger partial charge < -0.3 is 10.2 Å². The largest absolute Gasteiger partial charge is 0.367 e. The lowest BCUT2D eigenvalue weighted by atomic mass is 9.99. The van der Waals surface area contributed by atoms with E-state index in [2.05, 4.69) is 34.5 Å². The molecule has 0 spiro atoms. The monoisotopic (exact) mass is 374 g/mol. The minimum atomic E-state index is -0.0768. The zero-order valence-corrected chi connectivity index (χ0v) is 16.1. The maximum atomic E-state index is 12.6. The number of thioether (sulfide) groups is 1. The Morgan fingerprint density at radius 2 is 1.63 bits per heavy atom. The molecule has 3 nitrogen and oxygen atoms in total. The fourth-order valence-corrected chi connectivity index (χ4v) is 4.04. The van der Waals surface area contributed by atoms with E-state index in [9.17, 15) is 4.79 Å². The molecule has 4 rings (SSSR count). The number of carbonyl (C=O) groups excluding carboxylic acids is 1. The molecule has 0 aliphatic carbocycles. The molecule has 0 bridgehead atoms. The second-order valence-electron chi connectivity index (χ2n) is 6.64. The summed E-state index contributed by atoms with van der Waals surface area (Å²) in [7, 11) is 0. The standard InChI is InChI=1S/C23H22N2OS/c1-27-22-9-5-4-8-21(22)24-23(26)18-10-12-20(13-11-18)25-15-14-17-6-2-3-7-19(17)16-25/h2-13H,14-16H2,1H3,(H,24,26). The van der Waals surface area contributed by atoms with Crippen LogP contribution >= 0.6 is 11.8 Å². The SMILES string of the molecule is CSc1ccccc1NC(=O)c1ccc(N2CCc3ccccc3C2)cc1. The van der Waals surface area contributed by atoms with Crippen LogP contribution in [0, 0.1) is 0 Å². The Labute approximate surface area is 164 Å². The average Bonchev–Trinajstić information content (AvgIpc) is 2.74. The summed E-state index contributed by atoms with van der Waals surface area (Å²) in [6.45, 7) is 1.92. The van der Waals surface area contributed by atoms with Gasteiger partial charge in [-0.15, -0.1) is 11.8 Å². The zero-order chi connectivity index (χ0) is 18.6. The molecule has 3 aromatic rings. The molecule has 0 unspecified atom stereocenters. The molecule has 0 aromatic heterocycles. The van der Waals surface area contributed by atoms with Crippen LogP contribution in [0.15, 0.2) is 77.7 Å². The lowest BCUT2D eigenvalue weighted by Gasteiger charge is -2.30. The van der Waals surface area contributed by atoms with Gasteiger partial charge in [0.25, 0.3) is 5.91 Å². The van der Waals surface area contributed by atoms with Crippen molar-refractivity contribution in [3.05, 3.63) is 89.5 Å². The first kappa shape index (κ1) is 17.7. The fraction of sp³-hybridized carbons (Fsp3) is 0.174. The molecule has 1 heterocycles. The molecule has 0 saturated carbocycles. The lowest BCUT2D eigenvalue weighted by Crippen LogP contribution is -2.30. The van der Waals surface area contributed by atoms with E-state index in [0.29, 0.717) is 5.56 Å². The minimum Gasteiger partial charge on any atom is -0.367 e. The van der Waals surface area contributed by atoms with Gasteiger partial charge in [-0.1, -0.05) is 36.4 Å². The Morgan fingerprint density at radius 1 is 0.926 bits per heavy atom. The average molecular weight is 375 g/mol. The molecule has 0 radical (unpaired) electrons. The van der Waals surface area contributed by atoms with Gasteiger partial charge in [0.2, 0.25) is 0 Å². The normalized spacial score (nSPS) is 13.1. The molecule has 4 heteroatoms. The van der Waals surface area contributed by atoms with Gasteiger partial charge in [-0.2, -0.15) is 0 Å². The quantitative estimate of drug-likeness (QED) is 0.635. The maximum absolute atomic E-state index is 12.6. The smallest absolute Gasteiger partial charge is 0.255 e. The number of nitrogens with zero attached hydrogens (tertiary/aromatic N) is 1. The number of benzene rings is 3. The molecule has 0 fully saturated rings. The van der Waals surface area contributed by atoms with Crippen LogP contribution in [0.5, 0.6) is 0 Å². The Balaban J connectivity index is 1.47. The van der Waals surface area contributed by atoms with E-state index in [1.54, 1.807) is 11.8 Å². The van der Waals surface area contributed by atoms with Gasteiger partial charge in [0.15, 0.2) is 0 Å². The van der Waals surface area contributed by atoms with Gasteiger partial charge in [0.05, 0.1) is 5.69 Å². The molecule has 1 aliphatic heterocycles. The van der Waals surface area contributed by atoms with Gasteiger partial charge >= 0.3 is 0 Å². The summed E-state index contributed by atoms with van der Waals surface area (Å²) in [5, 5.41) is 3.02. The summed E-state index contributed by atoms with van der Waals surface area (Å²) in [4.78, 5) is 16.0. The van der Waals surface area contributed by atoms with Crippen LogP contribution in [-0.2, 0) is 13.0 Å². The van der Waals surface area contributed by atoms with Gasteiger partial charge in [0, 0.05) is 29.2 Å². The van der Waals surface area contributed by atoms with E-state index < -0.39 is 0 Å². The van der Waals surface area contributed by atoms with Crippen LogP contribution in [0.3, 0.4) is 0 Å². The molecule has 1 aliphatic rings. The maximum Gasteiger partial charge on any atom is 0.255 e. The van der Waals surface area contributed by atoms with Crippen molar-refractivity contribution in [2.24, 2.45) is 0 Å². The summed E-state index contributed by atoms with van der Waals surface area (Å²) in [5.74, 6) is -0.0768. The van der Waals surface area contributed by atoms with Gasteiger partial charge in [0.1, 0.15) is 0 Å². The summed E-state index contributed by atoms with van der Waals surface area (Å²) in [6, 6.07) is 24.4. The van der Waals surface area contributed by atoms with Crippen LogP contribution in [-0.4, -0.2) is 18.7 Å². The van der Waals surface area contributed by atoms with Gasteiger partial charge in [-0.05, 0) is 60.2 Å². The Bertz CT molecular complexity index is 953. The van der Waals surface area contributed by atoms with E-state index in [4.69, 9.17) is 0 Å². The second-order valence-corrected chi connectivity index (χ2v) is 7.49. The fourth-order valence-electron chi connectivity index (χ4n) is 3.48. The van der Waals surface area contributed by atoms with Crippen molar-refractivity contribution >= 4 is 29.0 Å². The van der Waals surface area contributed by atoms with Crippen LogP contribution in [0.2, 0.25) is 0 Å². The van der Waals surface area contributed by atoms with Crippen LogP contribution in [0.4, 0.5) is 11.4 Å². The van der Waals surface area contributed by atoms with Crippen molar-refractivity contribution < 1.29 is 4.79 Å². The third kappa shape index (κ3) is 3.86. The number of amides is 1. The lowest BCUT2D eigenvalue weighted by molar-refractivity contribution is 0.102. The third-order valence-electron chi connectivity index (χ3n) is 4.98. The number of rotatable bonds is 4. The first-order chi connectivity index (χ1) is 13.2. The first-order valence-electron chi connectivity index (χ1n) is 9.11. The zero-order valence-electron chi connectivity index (χ0n) is 15.3. The van der Waals surface area contributed by atoms with Gasteiger partial charge in [-0.25, -0.2) is 0 Å². The highest BCUT2D eigenvalue weighted by Crippen LogP contribution is 2.27. The highest BCUT2D eigenvalue weighted by atomic mass is 32.2. The molecular weight excluding hydrogens is 352 g/mol. The molecule has 136 valence electrons. The van der Waals surface area contributed by atoms with Crippen molar-refractivity contribution in [2.45, 2.75) is 17.9 Å². The summed E-state index contributed by atoms with van der Waals surface area (Å²) in [6.07, 6.45) is 3.07. The van der Waals surface area contributed by atoms with Crippen LogP contribution in [0.25, 0.3) is 0 Å². The Hall–Kier alpha value is -2.72. The molecule has 3 aromatic carbocycles. The number of anilines is 2. The van der Waals surface area contributed by atoms with Crippen LogP contribution in [0.1, 0.15) is 21.5 Å². The summed E-state index contributed by atoms with van der Waals surface area (Å²) >= 11 is 1.63. The Kier molecular flexibility index (Phi) is 5.16. The minimum absolute atomic E-state index is 0.0768.